The van der Waals surface area contributed by atoms with Crippen molar-refractivity contribution in [3.63, 3.8) is 0 Å². The third-order valence-corrected chi connectivity index (χ3v) is 6.91. The normalized spacial score (nSPS) is 18.2. The molecule has 1 fully saturated rings. The number of hydrogen-bond acceptors (Lipinski definition) is 7. The Morgan fingerprint density at radius 1 is 1.42 bits per heavy atom. The van der Waals surface area contributed by atoms with Gasteiger partial charge in [0.2, 0.25) is 14.2 Å². The molecule has 26 heavy (non-hydrogen) atoms. The first-order chi connectivity index (χ1) is 12.1. The molecule has 1 aliphatic heterocycles. The van der Waals surface area contributed by atoms with E-state index in [0.717, 1.165) is 20.9 Å². The molecule has 0 saturated carbocycles. The van der Waals surface area contributed by atoms with E-state index in [1.807, 2.05) is 12.1 Å². The molecule has 1 aromatic heterocycles. The molecule has 0 N–H and O–H groups in total. The lowest BCUT2D eigenvalue weighted by atomic mass is 10.2. The predicted molar refractivity (Wildman–Crippen MR) is 98.6 cm³/mol. The van der Waals surface area contributed by atoms with Crippen LogP contribution < -0.4 is 0 Å². The van der Waals surface area contributed by atoms with Gasteiger partial charge in [0.25, 0.3) is 0 Å². The summed E-state index contributed by atoms with van der Waals surface area (Å²) < 4.78 is 37.1. The van der Waals surface area contributed by atoms with E-state index < -0.39 is 27.6 Å². The summed E-state index contributed by atoms with van der Waals surface area (Å²) in [6.45, 7) is 8.91. The fourth-order valence-electron chi connectivity index (χ4n) is 2.53. The lowest BCUT2D eigenvalue weighted by Crippen LogP contribution is -2.42. The molecular weight excluding hydrogens is 376 g/mol. The molecule has 7 nitrogen and oxygen atoms in total. The van der Waals surface area contributed by atoms with E-state index in [-0.39, 0.29) is 22.6 Å². The average molecular weight is 396 g/mol. The van der Waals surface area contributed by atoms with E-state index in [9.17, 15) is 13.2 Å². The summed E-state index contributed by atoms with van der Waals surface area (Å²) in [6.07, 6.45) is -0.676. The Labute approximate surface area is 156 Å². The second kappa shape index (κ2) is 6.55. The Kier molecular flexibility index (Phi) is 4.70. The molecule has 1 aromatic carbocycles. The summed E-state index contributed by atoms with van der Waals surface area (Å²) in [5.41, 5.74) is -0.0803. The van der Waals surface area contributed by atoms with Crippen LogP contribution in [0.3, 0.4) is 0 Å². The van der Waals surface area contributed by atoms with Crippen molar-refractivity contribution in [3.05, 3.63) is 36.7 Å². The Hall–Kier alpha value is -2.13. The van der Waals surface area contributed by atoms with Crippen LogP contribution in [0.4, 0.5) is 4.79 Å². The molecule has 0 spiro atoms. The van der Waals surface area contributed by atoms with Crippen molar-refractivity contribution >= 4 is 37.5 Å². The SMILES string of the molecule is C=C1OC[C@H](CS(=O)(=O)c2nc3ccccc3s2)N1C(=O)OC(C)(C)C. The third-order valence-electron chi connectivity index (χ3n) is 3.62. The maximum absolute atomic E-state index is 12.8. The molecule has 3 rings (SSSR count). The molecule has 0 radical (unpaired) electrons. The number of carbonyl (C=O) groups is 1. The van der Waals surface area contributed by atoms with Crippen LogP contribution in [0.15, 0.2) is 41.1 Å². The van der Waals surface area contributed by atoms with Crippen molar-refractivity contribution < 1.29 is 22.7 Å². The van der Waals surface area contributed by atoms with Gasteiger partial charge in [0, 0.05) is 0 Å². The van der Waals surface area contributed by atoms with Gasteiger partial charge < -0.3 is 9.47 Å². The number of hydrogen-bond donors (Lipinski definition) is 0. The van der Waals surface area contributed by atoms with Crippen LogP contribution in [-0.2, 0) is 19.3 Å². The first-order valence-corrected chi connectivity index (χ1v) is 10.5. The Bertz CT molecular complexity index is 926. The molecule has 0 unspecified atom stereocenters. The Balaban J connectivity index is 1.83. The molecular formula is C17H20N2O5S2. The minimum atomic E-state index is -3.70. The first-order valence-electron chi connectivity index (χ1n) is 7.99. The van der Waals surface area contributed by atoms with Gasteiger partial charge in [-0.2, -0.15) is 0 Å². The van der Waals surface area contributed by atoms with E-state index in [0.29, 0.717) is 5.52 Å². The van der Waals surface area contributed by atoms with Gasteiger partial charge in [-0.25, -0.2) is 23.1 Å². The van der Waals surface area contributed by atoms with Crippen LogP contribution in [0, 0.1) is 0 Å². The minimum Gasteiger partial charge on any atom is -0.477 e. The Morgan fingerprint density at radius 3 is 2.77 bits per heavy atom. The number of benzene rings is 1. The highest BCUT2D eigenvalue weighted by atomic mass is 32.2. The van der Waals surface area contributed by atoms with Crippen LogP contribution in [0.2, 0.25) is 0 Å². The predicted octanol–water partition coefficient (Wildman–Crippen LogP) is 3.18. The number of rotatable bonds is 3. The van der Waals surface area contributed by atoms with Crippen LogP contribution in [0.25, 0.3) is 10.2 Å². The fourth-order valence-corrected chi connectivity index (χ4v) is 5.34. The molecule has 1 atom stereocenters. The summed E-state index contributed by atoms with van der Waals surface area (Å²) in [5.74, 6) is -0.228. The van der Waals surface area contributed by atoms with Crippen LogP contribution >= 0.6 is 11.3 Å². The molecule has 2 heterocycles. The molecule has 0 bridgehead atoms. The second-order valence-corrected chi connectivity index (χ2v) is 10.2. The molecule has 140 valence electrons. The van der Waals surface area contributed by atoms with E-state index in [1.165, 1.54) is 0 Å². The summed E-state index contributed by atoms with van der Waals surface area (Å²) in [5, 5.41) is 0. The zero-order chi connectivity index (χ0) is 19.1. The number of fused-ring (bicyclic) bond motifs is 1. The molecule has 1 amide bonds. The van der Waals surface area contributed by atoms with Gasteiger partial charge in [-0.05, 0) is 39.5 Å². The highest BCUT2D eigenvalue weighted by Crippen LogP contribution is 2.29. The molecule has 2 aromatic rings. The maximum Gasteiger partial charge on any atom is 0.417 e. The maximum atomic E-state index is 12.8. The number of amides is 1. The van der Waals surface area contributed by atoms with Gasteiger partial charge in [-0.3, -0.25) is 0 Å². The lowest BCUT2D eigenvalue weighted by Gasteiger charge is -2.26. The second-order valence-electron chi connectivity index (χ2n) is 6.94. The van der Waals surface area contributed by atoms with Gasteiger partial charge in [0.1, 0.15) is 12.2 Å². The number of para-hydroxylation sites is 1. The summed E-state index contributed by atoms with van der Waals surface area (Å²) >= 11 is 1.11. The topological polar surface area (TPSA) is 85.8 Å². The number of sulfone groups is 1. The van der Waals surface area contributed by atoms with Crippen molar-refractivity contribution in [1.29, 1.82) is 0 Å². The third kappa shape index (κ3) is 3.83. The smallest absolute Gasteiger partial charge is 0.417 e. The quantitative estimate of drug-likeness (QED) is 0.792. The van der Waals surface area contributed by atoms with Crippen molar-refractivity contribution in [2.75, 3.05) is 12.4 Å². The highest BCUT2D eigenvalue weighted by molar-refractivity contribution is 7.93. The lowest BCUT2D eigenvalue weighted by molar-refractivity contribution is 0.0278. The molecule has 1 aliphatic rings. The van der Waals surface area contributed by atoms with Gasteiger partial charge in [0.15, 0.2) is 5.88 Å². The number of ether oxygens (including phenoxy) is 2. The van der Waals surface area contributed by atoms with E-state index >= 15 is 0 Å². The van der Waals surface area contributed by atoms with E-state index in [2.05, 4.69) is 11.6 Å². The number of aromatic nitrogens is 1. The summed E-state index contributed by atoms with van der Waals surface area (Å²) in [4.78, 5) is 17.8. The Morgan fingerprint density at radius 2 is 2.12 bits per heavy atom. The monoisotopic (exact) mass is 396 g/mol. The van der Waals surface area contributed by atoms with Gasteiger partial charge in [0.05, 0.1) is 22.0 Å². The van der Waals surface area contributed by atoms with Crippen LogP contribution in [0.5, 0.6) is 0 Å². The van der Waals surface area contributed by atoms with Crippen molar-refractivity contribution in [3.8, 4) is 0 Å². The van der Waals surface area contributed by atoms with E-state index in [4.69, 9.17) is 9.47 Å². The average Bonchev–Trinajstić information content (AvgIpc) is 3.09. The van der Waals surface area contributed by atoms with Crippen molar-refractivity contribution in [1.82, 2.24) is 9.88 Å². The number of nitrogens with zero attached hydrogens (tertiary/aromatic N) is 2. The standard InChI is InChI=1S/C17H20N2O5S2/c1-11-19(16(20)24-17(2,3)4)12(9-23-11)10-26(21,22)15-18-13-7-5-6-8-14(13)25-15/h5-8,12H,1,9-10H2,2-4H3/t12-/m1/s1. The van der Waals surface area contributed by atoms with Crippen molar-refractivity contribution in [2.24, 2.45) is 0 Å². The molecule has 0 aliphatic carbocycles. The largest absolute Gasteiger partial charge is 0.477 e. The molecule has 1 saturated heterocycles. The van der Waals surface area contributed by atoms with E-state index in [1.54, 1.807) is 32.9 Å². The first kappa shape index (κ1) is 18.7. The van der Waals surface area contributed by atoms with Gasteiger partial charge in [-0.15, -0.1) is 11.3 Å². The minimum absolute atomic E-state index is 0.0281. The number of thiazole rings is 1. The fraction of sp³-hybridized carbons (Fsp3) is 0.412. The molecule has 9 heteroatoms. The van der Waals surface area contributed by atoms with Crippen LogP contribution in [-0.4, -0.2) is 48.4 Å². The van der Waals surface area contributed by atoms with Gasteiger partial charge in [-0.1, -0.05) is 12.1 Å². The summed E-state index contributed by atoms with van der Waals surface area (Å²) in [7, 11) is -3.70. The van der Waals surface area contributed by atoms with Crippen molar-refractivity contribution in [2.45, 2.75) is 36.8 Å². The zero-order valence-electron chi connectivity index (χ0n) is 14.8. The van der Waals surface area contributed by atoms with Crippen LogP contribution in [0.1, 0.15) is 20.8 Å². The highest BCUT2D eigenvalue weighted by Gasteiger charge is 2.40. The summed E-state index contributed by atoms with van der Waals surface area (Å²) in [6, 6.07) is 6.50. The number of carbonyl (C=O) groups excluding carboxylic acids is 1. The zero-order valence-corrected chi connectivity index (χ0v) is 16.4. The van der Waals surface area contributed by atoms with Gasteiger partial charge >= 0.3 is 6.09 Å².